The van der Waals surface area contributed by atoms with E-state index in [-0.39, 0.29) is 6.10 Å². The standard InChI is InChI=1S/C10H20O3/c1-3-5-6-11-7-9(4-2)10-8-12-13-10/h9-10H,3-8H2,1-2H3. The van der Waals surface area contributed by atoms with Crippen LogP contribution in [-0.4, -0.2) is 25.9 Å². The lowest BCUT2D eigenvalue weighted by Crippen LogP contribution is -2.39. The third kappa shape index (κ3) is 3.63. The van der Waals surface area contributed by atoms with E-state index in [1.165, 1.54) is 6.42 Å². The first-order chi connectivity index (χ1) is 6.38. The second kappa shape index (κ2) is 6.35. The highest BCUT2D eigenvalue weighted by Crippen LogP contribution is 2.20. The zero-order chi connectivity index (χ0) is 9.52. The van der Waals surface area contributed by atoms with Gasteiger partial charge in [-0.05, 0) is 12.8 Å². The summed E-state index contributed by atoms with van der Waals surface area (Å²) in [6, 6.07) is 0. The Hall–Kier alpha value is -0.120. The summed E-state index contributed by atoms with van der Waals surface area (Å²) in [4.78, 5) is 9.65. The summed E-state index contributed by atoms with van der Waals surface area (Å²) in [5.74, 6) is 0.505. The predicted octanol–water partition coefficient (Wildman–Crippen LogP) is 2.16. The van der Waals surface area contributed by atoms with Gasteiger partial charge >= 0.3 is 0 Å². The summed E-state index contributed by atoms with van der Waals surface area (Å²) in [6.45, 7) is 6.75. The van der Waals surface area contributed by atoms with E-state index in [0.29, 0.717) is 5.92 Å². The maximum absolute atomic E-state index is 5.55. The Morgan fingerprint density at radius 1 is 1.46 bits per heavy atom. The molecule has 78 valence electrons. The molecular weight excluding hydrogens is 168 g/mol. The van der Waals surface area contributed by atoms with E-state index in [0.717, 1.165) is 32.7 Å². The highest BCUT2D eigenvalue weighted by atomic mass is 17.2. The Morgan fingerprint density at radius 3 is 2.69 bits per heavy atom. The lowest BCUT2D eigenvalue weighted by molar-refractivity contribution is -0.436. The number of hydrogen-bond acceptors (Lipinski definition) is 3. The largest absolute Gasteiger partial charge is 0.381 e. The van der Waals surface area contributed by atoms with Crippen molar-refractivity contribution in [3.05, 3.63) is 0 Å². The molecule has 0 aromatic carbocycles. The van der Waals surface area contributed by atoms with Gasteiger partial charge in [0, 0.05) is 12.5 Å². The molecule has 0 aromatic rings. The van der Waals surface area contributed by atoms with Crippen LogP contribution in [0.4, 0.5) is 0 Å². The fourth-order valence-electron chi connectivity index (χ4n) is 1.33. The maximum Gasteiger partial charge on any atom is 0.124 e. The third-order valence-electron chi connectivity index (χ3n) is 2.45. The van der Waals surface area contributed by atoms with Crippen LogP contribution in [0.1, 0.15) is 33.1 Å². The van der Waals surface area contributed by atoms with Gasteiger partial charge < -0.3 is 4.74 Å². The van der Waals surface area contributed by atoms with Crippen molar-refractivity contribution < 1.29 is 14.5 Å². The Bertz CT molecular complexity index is 123. The van der Waals surface area contributed by atoms with E-state index in [4.69, 9.17) is 9.62 Å². The molecule has 0 spiro atoms. The van der Waals surface area contributed by atoms with E-state index in [2.05, 4.69) is 18.7 Å². The molecule has 3 nitrogen and oxygen atoms in total. The minimum Gasteiger partial charge on any atom is -0.381 e. The molecule has 0 bridgehead atoms. The van der Waals surface area contributed by atoms with Crippen LogP contribution in [0.25, 0.3) is 0 Å². The molecular formula is C10H20O3. The van der Waals surface area contributed by atoms with Crippen LogP contribution in [-0.2, 0) is 14.5 Å². The third-order valence-corrected chi connectivity index (χ3v) is 2.45. The normalized spacial score (nSPS) is 24.0. The molecule has 2 unspecified atom stereocenters. The Labute approximate surface area is 80.3 Å². The van der Waals surface area contributed by atoms with Crippen molar-refractivity contribution in [1.29, 1.82) is 0 Å². The fourth-order valence-corrected chi connectivity index (χ4v) is 1.33. The molecule has 2 atom stereocenters. The molecule has 1 fully saturated rings. The zero-order valence-corrected chi connectivity index (χ0v) is 8.62. The summed E-state index contributed by atoms with van der Waals surface area (Å²) in [5.41, 5.74) is 0. The highest BCUT2D eigenvalue weighted by molar-refractivity contribution is 4.70. The number of unbranched alkanes of at least 4 members (excludes halogenated alkanes) is 1. The molecule has 1 heterocycles. The Morgan fingerprint density at radius 2 is 2.23 bits per heavy atom. The minimum atomic E-state index is 0.270. The lowest BCUT2D eigenvalue weighted by Gasteiger charge is -2.31. The summed E-state index contributed by atoms with van der Waals surface area (Å²) in [6.07, 6.45) is 3.71. The first-order valence-electron chi connectivity index (χ1n) is 5.24. The molecule has 0 radical (unpaired) electrons. The molecule has 0 amide bonds. The number of rotatable bonds is 7. The molecule has 0 saturated carbocycles. The van der Waals surface area contributed by atoms with Crippen molar-refractivity contribution in [3.63, 3.8) is 0 Å². The molecule has 1 aliphatic rings. The Balaban J connectivity index is 2.02. The summed E-state index contributed by atoms with van der Waals surface area (Å²) >= 11 is 0. The van der Waals surface area contributed by atoms with Gasteiger partial charge in [0.2, 0.25) is 0 Å². The van der Waals surface area contributed by atoms with Gasteiger partial charge in [-0.2, -0.15) is 0 Å². The molecule has 0 N–H and O–H groups in total. The van der Waals surface area contributed by atoms with Crippen molar-refractivity contribution in [1.82, 2.24) is 0 Å². The van der Waals surface area contributed by atoms with Crippen LogP contribution >= 0.6 is 0 Å². The molecule has 13 heavy (non-hydrogen) atoms. The SMILES string of the molecule is CCCCOCC(CC)C1COO1. The quantitative estimate of drug-likeness (QED) is 0.452. The number of ether oxygens (including phenoxy) is 1. The number of hydrogen-bond donors (Lipinski definition) is 0. The van der Waals surface area contributed by atoms with Crippen LogP contribution in [0.3, 0.4) is 0 Å². The van der Waals surface area contributed by atoms with Crippen LogP contribution in [0.2, 0.25) is 0 Å². The second-order valence-corrected chi connectivity index (χ2v) is 3.52. The van der Waals surface area contributed by atoms with Crippen LogP contribution < -0.4 is 0 Å². The fraction of sp³-hybridized carbons (Fsp3) is 1.00. The monoisotopic (exact) mass is 188 g/mol. The van der Waals surface area contributed by atoms with E-state index in [1.807, 2.05) is 0 Å². The topological polar surface area (TPSA) is 27.7 Å². The van der Waals surface area contributed by atoms with Gasteiger partial charge in [0.25, 0.3) is 0 Å². The first-order valence-corrected chi connectivity index (χ1v) is 5.24. The predicted molar refractivity (Wildman–Crippen MR) is 50.3 cm³/mol. The van der Waals surface area contributed by atoms with Crippen molar-refractivity contribution in [2.75, 3.05) is 19.8 Å². The van der Waals surface area contributed by atoms with Gasteiger partial charge in [-0.3, -0.25) is 0 Å². The zero-order valence-electron chi connectivity index (χ0n) is 8.62. The molecule has 1 rings (SSSR count). The van der Waals surface area contributed by atoms with Crippen molar-refractivity contribution in [3.8, 4) is 0 Å². The van der Waals surface area contributed by atoms with E-state index < -0.39 is 0 Å². The van der Waals surface area contributed by atoms with Crippen LogP contribution in [0, 0.1) is 5.92 Å². The second-order valence-electron chi connectivity index (χ2n) is 3.52. The van der Waals surface area contributed by atoms with Gasteiger partial charge in [-0.15, -0.1) is 0 Å². The van der Waals surface area contributed by atoms with E-state index >= 15 is 0 Å². The first kappa shape index (κ1) is 11.0. The van der Waals surface area contributed by atoms with Gasteiger partial charge in [-0.1, -0.05) is 20.3 Å². The maximum atomic E-state index is 5.55. The summed E-state index contributed by atoms with van der Waals surface area (Å²) in [7, 11) is 0. The Kier molecular flexibility index (Phi) is 5.35. The lowest BCUT2D eigenvalue weighted by atomic mass is 10.0. The molecule has 1 aliphatic heterocycles. The summed E-state index contributed by atoms with van der Waals surface area (Å²) < 4.78 is 5.55. The molecule has 3 heteroatoms. The van der Waals surface area contributed by atoms with Gasteiger partial charge in [-0.25, -0.2) is 9.78 Å². The average Bonchev–Trinajstić information content (AvgIpc) is 2.07. The highest BCUT2D eigenvalue weighted by Gasteiger charge is 2.29. The van der Waals surface area contributed by atoms with E-state index in [9.17, 15) is 0 Å². The van der Waals surface area contributed by atoms with E-state index in [1.54, 1.807) is 0 Å². The smallest absolute Gasteiger partial charge is 0.124 e. The minimum absolute atomic E-state index is 0.270. The van der Waals surface area contributed by atoms with Crippen LogP contribution in [0.5, 0.6) is 0 Å². The molecule has 0 aromatic heterocycles. The summed E-state index contributed by atoms with van der Waals surface area (Å²) in [5, 5.41) is 0. The molecule has 0 aliphatic carbocycles. The molecule has 1 saturated heterocycles. The van der Waals surface area contributed by atoms with Crippen molar-refractivity contribution >= 4 is 0 Å². The van der Waals surface area contributed by atoms with Crippen molar-refractivity contribution in [2.45, 2.75) is 39.2 Å². The average molecular weight is 188 g/mol. The van der Waals surface area contributed by atoms with Gasteiger partial charge in [0.05, 0.1) is 6.61 Å². The van der Waals surface area contributed by atoms with Gasteiger partial charge in [0.1, 0.15) is 12.7 Å². The van der Waals surface area contributed by atoms with Crippen molar-refractivity contribution in [2.24, 2.45) is 5.92 Å². The van der Waals surface area contributed by atoms with Crippen LogP contribution in [0.15, 0.2) is 0 Å². The van der Waals surface area contributed by atoms with Gasteiger partial charge in [0.15, 0.2) is 0 Å².